The molecule has 0 spiro atoms. The molecule has 6 rings (SSSR count). The van der Waals surface area contributed by atoms with Crippen molar-refractivity contribution in [1.82, 2.24) is 5.32 Å². The number of hydrogen-bond donors (Lipinski definition) is 2. The highest BCUT2D eigenvalue weighted by atomic mass is 16.6. The second-order valence-corrected chi connectivity index (χ2v) is 10.1. The van der Waals surface area contributed by atoms with E-state index in [1.807, 2.05) is 0 Å². The van der Waals surface area contributed by atoms with Gasteiger partial charge in [0.05, 0.1) is 5.41 Å². The van der Waals surface area contributed by atoms with Crippen molar-refractivity contribution < 1.29 is 28.6 Å². The third-order valence-electron chi connectivity index (χ3n) is 7.40. The molecule has 1 heterocycles. The van der Waals surface area contributed by atoms with Gasteiger partial charge >= 0.3 is 5.97 Å². The zero-order chi connectivity index (χ0) is 22.5. The Hall–Kier alpha value is -2.77. The maximum absolute atomic E-state index is 13.3. The summed E-state index contributed by atoms with van der Waals surface area (Å²) in [6.07, 6.45) is 4.19. The summed E-state index contributed by atoms with van der Waals surface area (Å²) >= 11 is 0. The van der Waals surface area contributed by atoms with E-state index in [0.717, 1.165) is 32.1 Å². The summed E-state index contributed by atoms with van der Waals surface area (Å²) in [6, 6.07) is 5.19. The van der Waals surface area contributed by atoms with Gasteiger partial charge in [0.25, 0.3) is 5.91 Å². The first-order valence-electron chi connectivity index (χ1n) is 11.5. The SMILES string of the molecule is CC(=O)NC12C[C@H]3C[C@@H](C1)CC(C(=O)O[C@H](C)C(=O)Nc1ccc4c(c1)OCCO4)(C3)C2. The van der Waals surface area contributed by atoms with Crippen LogP contribution >= 0.6 is 0 Å². The van der Waals surface area contributed by atoms with Crippen LogP contribution in [-0.2, 0) is 19.1 Å². The van der Waals surface area contributed by atoms with E-state index >= 15 is 0 Å². The number of rotatable bonds is 5. The number of amides is 2. The minimum absolute atomic E-state index is 0.0531. The smallest absolute Gasteiger partial charge is 0.312 e. The van der Waals surface area contributed by atoms with E-state index < -0.39 is 17.4 Å². The fourth-order valence-corrected chi connectivity index (χ4v) is 6.73. The largest absolute Gasteiger partial charge is 0.486 e. The van der Waals surface area contributed by atoms with Gasteiger partial charge in [-0.1, -0.05) is 0 Å². The van der Waals surface area contributed by atoms with Gasteiger partial charge in [0.2, 0.25) is 5.91 Å². The molecule has 8 nitrogen and oxygen atoms in total. The maximum atomic E-state index is 13.3. The van der Waals surface area contributed by atoms with E-state index in [1.165, 1.54) is 6.92 Å². The first kappa shape index (κ1) is 21.1. The molecule has 2 unspecified atom stereocenters. The van der Waals surface area contributed by atoms with E-state index in [0.29, 0.717) is 48.7 Å². The van der Waals surface area contributed by atoms with E-state index in [2.05, 4.69) is 10.6 Å². The number of carbonyl (C=O) groups excluding carboxylic acids is 3. The standard InChI is InChI=1S/C24H30N2O6/c1-14(21(28)25-18-3-4-19-20(8-18)31-6-5-30-19)32-22(29)23-9-16-7-17(10-23)12-24(11-16,13-23)26-15(2)27/h3-4,8,14,16-17H,5-7,9-13H2,1-2H3,(H,25,28)(H,26,27)/t14-,16-,17+,23?,24?/m1/s1. The van der Waals surface area contributed by atoms with E-state index in [4.69, 9.17) is 14.2 Å². The molecule has 5 aliphatic rings. The lowest BCUT2D eigenvalue weighted by Crippen LogP contribution is -2.65. The summed E-state index contributed by atoms with van der Waals surface area (Å²) in [5.74, 6) is 1.29. The van der Waals surface area contributed by atoms with Crippen LogP contribution in [0, 0.1) is 17.3 Å². The highest BCUT2D eigenvalue weighted by Gasteiger charge is 2.61. The summed E-state index contributed by atoms with van der Waals surface area (Å²) in [6.45, 7) is 4.09. The quantitative estimate of drug-likeness (QED) is 0.680. The number of ether oxygens (including phenoxy) is 3. The van der Waals surface area contributed by atoms with Gasteiger partial charge in [-0.3, -0.25) is 14.4 Å². The Labute approximate surface area is 187 Å². The van der Waals surface area contributed by atoms with Gasteiger partial charge in [0.1, 0.15) is 13.2 Å². The zero-order valence-corrected chi connectivity index (χ0v) is 18.6. The zero-order valence-electron chi connectivity index (χ0n) is 18.6. The first-order chi connectivity index (χ1) is 15.3. The van der Waals surface area contributed by atoms with Gasteiger partial charge in [-0.15, -0.1) is 0 Å². The average Bonchev–Trinajstić information content (AvgIpc) is 2.71. The normalized spacial score (nSPS) is 32.7. The molecule has 1 aromatic rings. The predicted molar refractivity (Wildman–Crippen MR) is 115 cm³/mol. The third kappa shape index (κ3) is 3.80. The topological polar surface area (TPSA) is 103 Å². The molecular weight excluding hydrogens is 412 g/mol. The van der Waals surface area contributed by atoms with Gasteiger partial charge in [0.15, 0.2) is 17.6 Å². The summed E-state index contributed by atoms with van der Waals surface area (Å²) in [7, 11) is 0. The van der Waals surface area contributed by atoms with Crippen molar-refractivity contribution in [2.75, 3.05) is 18.5 Å². The maximum Gasteiger partial charge on any atom is 0.312 e. The van der Waals surface area contributed by atoms with Crippen molar-refractivity contribution in [3.05, 3.63) is 18.2 Å². The molecule has 0 radical (unpaired) electrons. The number of hydrogen-bond acceptors (Lipinski definition) is 6. The van der Waals surface area contributed by atoms with E-state index in [9.17, 15) is 14.4 Å². The van der Waals surface area contributed by atoms with Crippen molar-refractivity contribution in [3.63, 3.8) is 0 Å². The van der Waals surface area contributed by atoms with Crippen LogP contribution in [-0.4, -0.2) is 42.6 Å². The number of fused-ring (bicyclic) bond motifs is 1. The van der Waals surface area contributed by atoms with Crippen LogP contribution in [0.4, 0.5) is 5.69 Å². The molecule has 0 saturated heterocycles. The molecule has 1 aliphatic heterocycles. The highest BCUT2D eigenvalue weighted by molar-refractivity contribution is 5.95. The molecule has 1 aromatic carbocycles. The Bertz CT molecular complexity index is 946. The number of benzene rings is 1. The number of carbonyl (C=O) groups is 3. The second-order valence-electron chi connectivity index (χ2n) is 10.1. The fraction of sp³-hybridized carbons (Fsp3) is 0.625. The van der Waals surface area contributed by atoms with Crippen LogP contribution in [0.5, 0.6) is 11.5 Å². The molecule has 2 N–H and O–H groups in total. The monoisotopic (exact) mass is 442 g/mol. The summed E-state index contributed by atoms with van der Waals surface area (Å²) < 4.78 is 16.8. The molecule has 32 heavy (non-hydrogen) atoms. The van der Waals surface area contributed by atoms with Gasteiger partial charge in [-0.2, -0.15) is 0 Å². The van der Waals surface area contributed by atoms with Gasteiger partial charge in [0, 0.05) is 24.2 Å². The van der Waals surface area contributed by atoms with E-state index in [1.54, 1.807) is 25.1 Å². The van der Waals surface area contributed by atoms with Gasteiger partial charge in [-0.05, 0) is 69.4 Å². The second kappa shape index (κ2) is 7.67. The molecule has 4 bridgehead atoms. The molecule has 4 saturated carbocycles. The molecule has 5 atom stereocenters. The Morgan fingerprint density at radius 2 is 1.75 bits per heavy atom. The van der Waals surface area contributed by atoms with Crippen molar-refractivity contribution in [2.24, 2.45) is 17.3 Å². The van der Waals surface area contributed by atoms with E-state index in [-0.39, 0.29) is 17.4 Å². The van der Waals surface area contributed by atoms with Crippen LogP contribution in [0.25, 0.3) is 0 Å². The molecule has 0 aromatic heterocycles. The molecular formula is C24H30N2O6. The Morgan fingerprint density at radius 1 is 1.06 bits per heavy atom. The minimum atomic E-state index is -0.930. The van der Waals surface area contributed by atoms with Crippen molar-refractivity contribution in [1.29, 1.82) is 0 Å². The van der Waals surface area contributed by atoms with Crippen LogP contribution in [0.3, 0.4) is 0 Å². The number of anilines is 1. The van der Waals surface area contributed by atoms with Crippen molar-refractivity contribution in [3.8, 4) is 11.5 Å². The van der Waals surface area contributed by atoms with Crippen molar-refractivity contribution >= 4 is 23.5 Å². The van der Waals surface area contributed by atoms with Crippen LogP contribution in [0.1, 0.15) is 52.4 Å². The Balaban J connectivity index is 1.25. The molecule has 4 aliphatic carbocycles. The van der Waals surface area contributed by atoms with Crippen LogP contribution in [0.15, 0.2) is 18.2 Å². The van der Waals surface area contributed by atoms with Crippen molar-refractivity contribution in [2.45, 2.75) is 64.0 Å². The van der Waals surface area contributed by atoms with Crippen LogP contribution in [0.2, 0.25) is 0 Å². The molecule has 172 valence electrons. The number of esters is 1. The Kier molecular flexibility index (Phi) is 5.06. The molecule has 2 amide bonds. The van der Waals surface area contributed by atoms with Gasteiger partial charge < -0.3 is 24.8 Å². The fourth-order valence-electron chi connectivity index (χ4n) is 6.73. The van der Waals surface area contributed by atoms with Gasteiger partial charge in [-0.25, -0.2) is 0 Å². The Morgan fingerprint density at radius 3 is 2.44 bits per heavy atom. The van der Waals surface area contributed by atoms with Crippen LogP contribution < -0.4 is 20.1 Å². The summed E-state index contributed by atoms with van der Waals surface area (Å²) in [4.78, 5) is 37.9. The summed E-state index contributed by atoms with van der Waals surface area (Å²) in [5.41, 5.74) is -0.370. The summed E-state index contributed by atoms with van der Waals surface area (Å²) in [5, 5.41) is 5.95. The molecule has 8 heteroatoms. The lowest BCUT2D eigenvalue weighted by atomic mass is 9.47. The predicted octanol–water partition coefficient (Wildman–Crippen LogP) is 2.80. The first-order valence-corrected chi connectivity index (χ1v) is 11.5. The number of nitrogens with one attached hydrogen (secondary N) is 2. The average molecular weight is 443 g/mol. The lowest BCUT2D eigenvalue weighted by molar-refractivity contribution is -0.181. The lowest BCUT2D eigenvalue weighted by Gasteiger charge is -2.60. The highest BCUT2D eigenvalue weighted by Crippen LogP contribution is 2.62. The molecule has 4 fully saturated rings. The minimum Gasteiger partial charge on any atom is -0.486 e. The third-order valence-corrected chi connectivity index (χ3v) is 7.40.